The van der Waals surface area contributed by atoms with Crippen LogP contribution in [0.1, 0.15) is 40.2 Å². The van der Waals surface area contributed by atoms with Crippen LogP contribution < -0.4 is 10.2 Å². The molecule has 0 atom stereocenters. The van der Waals surface area contributed by atoms with Crippen LogP contribution in [0.3, 0.4) is 0 Å². The van der Waals surface area contributed by atoms with Gasteiger partial charge in [-0.1, -0.05) is 31.5 Å². The van der Waals surface area contributed by atoms with E-state index in [0.29, 0.717) is 12.6 Å². The van der Waals surface area contributed by atoms with Gasteiger partial charge in [0.1, 0.15) is 0 Å². The molecule has 20 heavy (non-hydrogen) atoms. The topological polar surface area (TPSA) is 35.5 Å². The van der Waals surface area contributed by atoms with Crippen LogP contribution in [0.15, 0.2) is 18.2 Å². The molecule has 0 aromatic heterocycles. The fourth-order valence-electron chi connectivity index (χ4n) is 2.07. The van der Waals surface area contributed by atoms with Crippen molar-refractivity contribution in [2.75, 3.05) is 18.0 Å². The first-order valence-electron chi connectivity index (χ1n) is 7.22. The van der Waals surface area contributed by atoms with Gasteiger partial charge in [-0.15, -0.1) is 0 Å². The Morgan fingerprint density at radius 3 is 2.45 bits per heavy atom. The van der Waals surface area contributed by atoms with Crippen molar-refractivity contribution < 1.29 is 5.11 Å². The van der Waals surface area contributed by atoms with E-state index in [-0.39, 0.29) is 0 Å². The number of nitrogens with zero attached hydrogens (tertiary/aromatic N) is 1. The van der Waals surface area contributed by atoms with Crippen molar-refractivity contribution in [3.63, 3.8) is 0 Å². The highest BCUT2D eigenvalue weighted by molar-refractivity contribution is 6.33. The van der Waals surface area contributed by atoms with E-state index in [4.69, 9.17) is 11.6 Å². The van der Waals surface area contributed by atoms with Gasteiger partial charge in [-0.25, -0.2) is 0 Å². The predicted octanol–water partition coefficient (Wildman–Crippen LogP) is 3.44. The molecule has 0 radical (unpaired) electrons. The molecule has 2 N–H and O–H groups in total. The Kier molecular flexibility index (Phi) is 6.31. The van der Waals surface area contributed by atoms with Crippen LogP contribution in [0.5, 0.6) is 0 Å². The summed E-state index contributed by atoms with van der Waals surface area (Å²) in [4.78, 5) is 2.10. The van der Waals surface area contributed by atoms with Crippen LogP contribution in [0.25, 0.3) is 0 Å². The Morgan fingerprint density at radius 1 is 1.35 bits per heavy atom. The van der Waals surface area contributed by atoms with E-state index in [2.05, 4.69) is 37.1 Å². The summed E-state index contributed by atoms with van der Waals surface area (Å²) in [5, 5.41) is 14.1. The maximum Gasteiger partial charge on any atom is 0.0765 e. The van der Waals surface area contributed by atoms with Gasteiger partial charge >= 0.3 is 0 Å². The van der Waals surface area contributed by atoms with E-state index in [1.165, 1.54) is 5.56 Å². The minimum Gasteiger partial charge on any atom is -0.389 e. The third-order valence-electron chi connectivity index (χ3n) is 3.03. The molecular formula is C16H27ClN2O. The first-order valence-corrected chi connectivity index (χ1v) is 7.60. The smallest absolute Gasteiger partial charge is 0.0765 e. The zero-order chi connectivity index (χ0) is 15.3. The standard InChI is InChI=1S/C16H27ClN2O/c1-6-19(11-16(4,5)20)15-8-7-13(9-14(15)17)10-18-12(2)3/h7-9,12,18,20H,6,10-11H2,1-5H3. The summed E-state index contributed by atoms with van der Waals surface area (Å²) in [7, 11) is 0. The zero-order valence-electron chi connectivity index (χ0n) is 13.2. The third kappa shape index (κ3) is 5.70. The molecule has 0 unspecified atom stereocenters. The second kappa shape index (κ2) is 7.30. The van der Waals surface area contributed by atoms with E-state index in [1.54, 1.807) is 0 Å². The van der Waals surface area contributed by atoms with E-state index in [0.717, 1.165) is 23.8 Å². The molecule has 0 aliphatic carbocycles. The Labute approximate surface area is 127 Å². The molecule has 0 fully saturated rings. The number of benzene rings is 1. The summed E-state index contributed by atoms with van der Waals surface area (Å²) in [6.07, 6.45) is 0. The van der Waals surface area contributed by atoms with Crippen LogP contribution in [-0.4, -0.2) is 29.8 Å². The maximum atomic E-state index is 9.98. The van der Waals surface area contributed by atoms with Gasteiger partial charge in [-0.05, 0) is 38.5 Å². The molecule has 0 saturated carbocycles. The van der Waals surface area contributed by atoms with Gasteiger partial charge < -0.3 is 15.3 Å². The largest absolute Gasteiger partial charge is 0.389 e. The lowest BCUT2D eigenvalue weighted by Crippen LogP contribution is -2.38. The van der Waals surface area contributed by atoms with Crippen molar-refractivity contribution in [3.05, 3.63) is 28.8 Å². The van der Waals surface area contributed by atoms with Gasteiger partial charge in [-0.2, -0.15) is 0 Å². The number of hydrogen-bond donors (Lipinski definition) is 2. The molecule has 1 aromatic carbocycles. The van der Waals surface area contributed by atoms with E-state index < -0.39 is 5.60 Å². The first kappa shape index (κ1) is 17.3. The fraction of sp³-hybridized carbons (Fsp3) is 0.625. The average Bonchev–Trinajstić information content (AvgIpc) is 2.33. The van der Waals surface area contributed by atoms with Crippen LogP contribution in [-0.2, 0) is 6.54 Å². The Balaban J connectivity index is 2.85. The number of likely N-dealkylation sites (N-methyl/N-ethyl adjacent to an activating group) is 1. The highest BCUT2D eigenvalue weighted by Gasteiger charge is 2.19. The highest BCUT2D eigenvalue weighted by atomic mass is 35.5. The summed E-state index contributed by atoms with van der Waals surface area (Å²) >= 11 is 6.40. The quantitative estimate of drug-likeness (QED) is 0.809. The normalized spacial score (nSPS) is 12.0. The second-order valence-corrected chi connectivity index (χ2v) is 6.56. The van der Waals surface area contributed by atoms with Crippen molar-refractivity contribution in [2.24, 2.45) is 0 Å². The van der Waals surface area contributed by atoms with Crippen LogP contribution in [0, 0.1) is 0 Å². The second-order valence-electron chi connectivity index (χ2n) is 6.15. The summed E-state index contributed by atoms with van der Waals surface area (Å²) in [5.41, 5.74) is 1.41. The lowest BCUT2D eigenvalue weighted by atomic mass is 10.1. The summed E-state index contributed by atoms with van der Waals surface area (Å²) in [6.45, 7) is 12.1. The molecule has 0 saturated heterocycles. The molecule has 114 valence electrons. The molecule has 0 aliphatic heterocycles. The highest BCUT2D eigenvalue weighted by Crippen LogP contribution is 2.28. The third-order valence-corrected chi connectivity index (χ3v) is 3.33. The zero-order valence-corrected chi connectivity index (χ0v) is 14.0. The maximum absolute atomic E-state index is 9.98. The average molecular weight is 299 g/mol. The summed E-state index contributed by atoms with van der Waals surface area (Å²) < 4.78 is 0. The van der Waals surface area contributed by atoms with Gasteiger partial charge in [0, 0.05) is 25.7 Å². The number of halogens is 1. The van der Waals surface area contributed by atoms with Crippen molar-refractivity contribution in [2.45, 2.75) is 52.8 Å². The van der Waals surface area contributed by atoms with Crippen molar-refractivity contribution >= 4 is 17.3 Å². The molecule has 1 aromatic rings. The van der Waals surface area contributed by atoms with Gasteiger partial charge in [0.15, 0.2) is 0 Å². The van der Waals surface area contributed by atoms with Gasteiger partial charge in [0.05, 0.1) is 16.3 Å². The number of nitrogens with one attached hydrogen (secondary N) is 1. The van der Waals surface area contributed by atoms with Gasteiger partial charge in [-0.3, -0.25) is 0 Å². The number of rotatable bonds is 7. The Morgan fingerprint density at radius 2 is 2.00 bits per heavy atom. The number of anilines is 1. The minimum atomic E-state index is -0.739. The van der Waals surface area contributed by atoms with E-state index in [9.17, 15) is 5.11 Å². The monoisotopic (exact) mass is 298 g/mol. The molecule has 1 rings (SSSR count). The van der Waals surface area contributed by atoms with Gasteiger partial charge in [0.2, 0.25) is 0 Å². The molecular weight excluding hydrogens is 272 g/mol. The molecule has 4 heteroatoms. The molecule has 0 amide bonds. The summed E-state index contributed by atoms with van der Waals surface area (Å²) in [6, 6.07) is 6.58. The summed E-state index contributed by atoms with van der Waals surface area (Å²) in [5.74, 6) is 0. The van der Waals surface area contributed by atoms with Crippen molar-refractivity contribution in [1.82, 2.24) is 5.32 Å². The van der Waals surface area contributed by atoms with Crippen LogP contribution in [0.2, 0.25) is 5.02 Å². The van der Waals surface area contributed by atoms with Crippen molar-refractivity contribution in [3.8, 4) is 0 Å². The molecule has 0 spiro atoms. The molecule has 0 bridgehead atoms. The Bertz CT molecular complexity index is 427. The fourth-order valence-corrected chi connectivity index (χ4v) is 2.40. The molecule has 0 heterocycles. The van der Waals surface area contributed by atoms with Crippen LogP contribution >= 0.6 is 11.6 Å². The number of hydrogen-bond acceptors (Lipinski definition) is 3. The molecule has 3 nitrogen and oxygen atoms in total. The molecule has 0 aliphatic rings. The predicted molar refractivity (Wildman–Crippen MR) is 87.6 cm³/mol. The van der Waals surface area contributed by atoms with E-state index >= 15 is 0 Å². The first-order chi connectivity index (χ1) is 9.23. The number of aliphatic hydroxyl groups is 1. The van der Waals surface area contributed by atoms with E-state index in [1.807, 2.05) is 26.0 Å². The van der Waals surface area contributed by atoms with Crippen molar-refractivity contribution in [1.29, 1.82) is 0 Å². The van der Waals surface area contributed by atoms with Crippen LogP contribution in [0.4, 0.5) is 5.69 Å². The minimum absolute atomic E-state index is 0.454. The van der Waals surface area contributed by atoms with Gasteiger partial charge in [0.25, 0.3) is 0 Å². The lowest BCUT2D eigenvalue weighted by molar-refractivity contribution is 0.0876. The Hall–Kier alpha value is -0.770. The lowest BCUT2D eigenvalue weighted by Gasteiger charge is -2.30. The SMILES string of the molecule is CCN(CC(C)(C)O)c1ccc(CNC(C)C)cc1Cl.